The topological polar surface area (TPSA) is 66.9 Å². The summed E-state index contributed by atoms with van der Waals surface area (Å²) in [4.78, 5) is 39.9. The summed E-state index contributed by atoms with van der Waals surface area (Å²) in [5, 5.41) is 0. The van der Waals surface area contributed by atoms with Crippen molar-refractivity contribution in [3.8, 4) is 11.8 Å². The van der Waals surface area contributed by atoms with Crippen LogP contribution in [0.2, 0.25) is 0 Å². The standard InChI is InChI=1S/C22H26N2O4/c1-3-4-15-28-21(27)24-14-11-22(16-24)9-12-23(13-10-22)20(26)19-7-5-18(6-8-19)17(2)25/h5-8H,9-16H2,1-2H3. The number of Topliss-reactive ketones (excluding diaryl/α,β-unsaturated/α-hetero) is 1. The molecule has 148 valence electrons. The zero-order chi connectivity index (χ0) is 20.1. The second-order valence-electron chi connectivity index (χ2n) is 7.58. The van der Waals surface area contributed by atoms with Crippen LogP contribution in [-0.2, 0) is 4.74 Å². The van der Waals surface area contributed by atoms with Gasteiger partial charge in [0, 0.05) is 37.3 Å². The number of likely N-dealkylation sites (tertiary alicyclic amines) is 2. The quantitative estimate of drug-likeness (QED) is 0.595. The summed E-state index contributed by atoms with van der Waals surface area (Å²) in [6.45, 7) is 6.09. The lowest BCUT2D eigenvalue weighted by Crippen LogP contribution is -2.44. The molecule has 0 bridgehead atoms. The van der Waals surface area contributed by atoms with Gasteiger partial charge in [-0.3, -0.25) is 9.59 Å². The van der Waals surface area contributed by atoms with E-state index >= 15 is 0 Å². The van der Waals surface area contributed by atoms with Crippen LogP contribution < -0.4 is 0 Å². The third-order valence-electron chi connectivity index (χ3n) is 5.79. The number of hydrogen-bond acceptors (Lipinski definition) is 4. The Labute approximate surface area is 165 Å². The first-order valence-electron chi connectivity index (χ1n) is 9.66. The molecule has 6 nitrogen and oxygen atoms in total. The highest BCUT2D eigenvalue weighted by Crippen LogP contribution is 2.40. The third-order valence-corrected chi connectivity index (χ3v) is 5.79. The first-order chi connectivity index (χ1) is 13.4. The molecule has 6 heteroatoms. The summed E-state index contributed by atoms with van der Waals surface area (Å²) in [5.41, 5.74) is 1.29. The van der Waals surface area contributed by atoms with Crippen LogP contribution in [0.4, 0.5) is 4.79 Å². The summed E-state index contributed by atoms with van der Waals surface area (Å²) < 4.78 is 5.17. The van der Waals surface area contributed by atoms with Crippen LogP contribution in [0.3, 0.4) is 0 Å². The Morgan fingerprint density at radius 3 is 2.14 bits per heavy atom. The van der Waals surface area contributed by atoms with E-state index in [9.17, 15) is 14.4 Å². The van der Waals surface area contributed by atoms with Gasteiger partial charge in [0.05, 0.1) is 0 Å². The van der Waals surface area contributed by atoms with Crippen molar-refractivity contribution in [3.05, 3.63) is 35.4 Å². The fourth-order valence-corrected chi connectivity index (χ4v) is 3.97. The Hall–Kier alpha value is -2.81. The number of amides is 2. The molecule has 2 amide bonds. The van der Waals surface area contributed by atoms with Gasteiger partial charge < -0.3 is 14.5 Å². The monoisotopic (exact) mass is 382 g/mol. The average molecular weight is 382 g/mol. The van der Waals surface area contributed by atoms with Gasteiger partial charge in [0.25, 0.3) is 5.91 Å². The number of benzene rings is 1. The third kappa shape index (κ3) is 4.36. The zero-order valence-electron chi connectivity index (χ0n) is 16.5. The number of rotatable bonds is 3. The number of carbonyl (C=O) groups is 3. The van der Waals surface area contributed by atoms with Crippen LogP contribution in [-0.4, -0.2) is 60.4 Å². The number of ketones is 1. The highest BCUT2D eigenvalue weighted by atomic mass is 16.6. The second kappa shape index (κ2) is 8.47. The van der Waals surface area contributed by atoms with Gasteiger partial charge in [0.15, 0.2) is 12.4 Å². The molecular weight excluding hydrogens is 356 g/mol. The predicted molar refractivity (Wildman–Crippen MR) is 105 cm³/mol. The Bertz CT molecular complexity index is 811. The van der Waals surface area contributed by atoms with Crippen molar-refractivity contribution in [2.24, 2.45) is 5.41 Å². The number of piperidine rings is 1. The van der Waals surface area contributed by atoms with Crippen LogP contribution in [0.25, 0.3) is 0 Å². The lowest BCUT2D eigenvalue weighted by Gasteiger charge is -2.39. The molecule has 0 saturated carbocycles. The van der Waals surface area contributed by atoms with Crippen LogP contribution in [0.1, 0.15) is 53.8 Å². The van der Waals surface area contributed by atoms with Crippen molar-refractivity contribution in [1.82, 2.24) is 9.80 Å². The minimum absolute atomic E-state index is 0.00245. The summed E-state index contributed by atoms with van der Waals surface area (Å²) >= 11 is 0. The van der Waals surface area contributed by atoms with E-state index in [4.69, 9.17) is 4.74 Å². The highest BCUT2D eigenvalue weighted by molar-refractivity contribution is 5.97. The molecule has 3 rings (SSSR count). The van der Waals surface area contributed by atoms with Crippen molar-refractivity contribution in [2.45, 2.75) is 33.1 Å². The molecule has 2 saturated heterocycles. The maximum atomic E-state index is 12.7. The Morgan fingerprint density at radius 2 is 1.57 bits per heavy atom. The second-order valence-corrected chi connectivity index (χ2v) is 7.58. The summed E-state index contributed by atoms with van der Waals surface area (Å²) in [6.07, 6.45) is 2.39. The fraction of sp³-hybridized carbons (Fsp3) is 0.500. The van der Waals surface area contributed by atoms with Gasteiger partial charge in [-0.25, -0.2) is 4.79 Å². The predicted octanol–water partition coefficient (Wildman–Crippen LogP) is 2.98. The van der Waals surface area contributed by atoms with E-state index in [0.717, 1.165) is 19.3 Å². The van der Waals surface area contributed by atoms with E-state index in [1.54, 1.807) is 36.1 Å². The van der Waals surface area contributed by atoms with Gasteiger partial charge in [-0.15, -0.1) is 5.92 Å². The summed E-state index contributed by atoms with van der Waals surface area (Å²) in [5.74, 6) is 5.43. The molecule has 2 fully saturated rings. The van der Waals surface area contributed by atoms with Gasteiger partial charge in [0.1, 0.15) is 0 Å². The number of carbonyl (C=O) groups excluding carboxylic acids is 3. The molecule has 0 atom stereocenters. The smallest absolute Gasteiger partial charge is 0.410 e. The molecule has 28 heavy (non-hydrogen) atoms. The number of ether oxygens (including phenoxy) is 1. The molecule has 1 aromatic rings. The molecule has 0 unspecified atom stereocenters. The molecule has 2 heterocycles. The van der Waals surface area contributed by atoms with Gasteiger partial charge in [-0.2, -0.15) is 0 Å². The van der Waals surface area contributed by atoms with Crippen LogP contribution in [0.5, 0.6) is 0 Å². The maximum Gasteiger partial charge on any atom is 0.410 e. The molecule has 0 radical (unpaired) electrons. The van der Waals surface area contributed by atoms with E-state index in [1.165, 1.54) is 6.92 Å². The highest BCUT2D eigenvalue weighted by Gasteiger charge is 2.43. The molecule has 1 aromatic carbocycles. The van der Waals surface area contributed by atoms with Crippen LogP contribution in [0, 0.1) is 17.3 Å². The lowest BCUT2D eigenvalue weighted by atomic mass is 9.77. The Kier molecular flexibility index (Phi) is 6.03. The van der Waals surface area contributed by atoms with E-state index in [0.29, 0.717) is 37.3 Å². The SMILES string of the molecule is CC#CCOC(=O)N1CCC2(CCN(C(=O)c3ccc(C(C)=O)cc3)CC2)C1. The van der Waals surface area contributed by atoms with E-state index in [1.807, 2.05) is 4.90 Å². The molecule has 2 aliphatic heterocycles. The normalized spacial score (nSPS) is 17.8. The van der Waals surface area contributed by atoms with Gasteiger partial charge in [-0.05, 0) is 50.7 Å². The van der Waals surface area contributed by atoms with E-state index in [2.05, 4.69) is 11.8 Å². The van der Waals surface area contributed by atoms with Crippen molar-refractivity contribution >= 4 is 17.8 Å². The van der Waals surface area contributed by atoms with Crippen molar-refractivity contribution in [1.29, 1.82) is 0 Å². The number of nitrogens with zero attached hydrogens (tertiary/aromatic N) is 2. The van der Waals surface area contributed by atoms with Gasteiger partial charge in [0.2, 0.25) is 0 Å². The maximum absolute atomic E-state index is 12.7. The molecular formula is C22H26N2O4. The molecule has 0 aromatic heterocycles. The minimum atomic E-state index is -0.302. The van der Waals surface area contributed by atoms with Crippen LogP contribution >= 0.6 is 0 Å². The molecule has 0 N–H and O–H groups in total. The van der Waals surface area contributed by atoms with Crippen LogP contribution in [0.15, 0.2) is 24.3 Å². The molecule has 1 spiro atoms. The van der Waals surface area contributed by atoms with Gasteiger partial charge >= 0.3 is 6.09 Å². The van der Waals surface area contributed by atoms with Crippen molar-refractivity contribution < 1.29 is 19.1 Å². The molecule has 0 aliphatic carbocycles. The molecule has 2 aliphatic rings. The summed E-state index contributed by atoms with van der Waals surface area (Å²) in [6, 6.07) is 6.83. The Morgan fingerprint density at radius 1 is 1.00 bits per heavy atom. The summed E-state index contributed by atoms with van der Waals surface area (Å²) in [7, 11) is 0. The largest absolute Gasteiger partial charge is 0.436 e. The van der Waals surface area contributed by atoms with Crippen molar-refractivity contribution in [3.63, 3.8) is 0 Å². The number of hydrogen-bond donors (Lipinski definition) is 0. The Balaban J connectivity index is 1.54. The van der Waals surface area contributed by atoms with E-state index in [-0.39, 0.29) is 29.8 Å². The van der Waals surface area contributed by atoms with Gasteiger partial charge in [-0.1, -0.05) is 18.1 Å². The first kappa shape index (κ1) is 19.9. The average Bonchev–Trinajstić information content (AvgIpc) is 3.12. The lowest BCUT2D eigenvalue weighted by molar-refractivity contribution is 0.0578. The first-order valence-corrected chi connectivity index (χ1v) is 9.66. The van der Waals surface area contributed by atoms with E-state index < -0.39 is 0 Å². The fourth-order valence-electron chi connectivity index (χ4n) is 3.97. The van der Waals surface area contributed by atoms with Crippen molar-refractivity contribution in [2.75, 3.05) is 32.8 Å². The zero-order valence-corrected chi connectivity index (χ0v) is 16.5. The minimum Gasteiger partial charge on any atom is -0.436 e.